The molecule has 1 saturated carbocycles. The van der Waals surface area contributed by atoms with Crippen LogP contribution in [0.1, 0.15) is 39.0 Å². The van der Waals surface area contributed by atoms with Crippen LogP contribution in [0.4, 0.5) is 0 Å². The minimum atomic E-state index is 0.0243. The summed E-state index contributed by atoms with van der Waals surface area (Å²) in [5.74, 6) is 5.95. The van der Waals surface area contributed by atoms with Crippen molar-refractivity contribution in [2.24, 2.45) is 5.73 Å². The molecule has 0 aromatic heterocycles. The topological polar surface area (TPSA) is 32.5 Å². The summed E-state index contributed by atoms with van der Waals surface area (Å²) in [4.78, 5) is 5.17. The summed E-state index contributed by atoms with van der Waals surface area (Å²) < 4.78 is 0. The van der Waals surface area contributed by atoms with E-state index < -0.39 is 0 Å². The summed E-state index contributed by atoms with van der Waals surface area (Å²) in [6, 6.07) is 0.890. The second kappa shape index (κ2) is 7.13. The minimum Gasteiger partial charge on any atom is -0.317 e. The van der Waals surface area contributed by atoms with Crippen LogP contribution in [0.5, 0.6) is 0 Å². The lowest BCUT2D eigenvalue weighted by molar-refractivity contribution is 0.0784. The van der Waals surface area contributed by atoms with Gasteiger partial charge in [0.1, 0.15) is 0 Å². The Labute approximate surface area is 112 Å². The molecule has 2 aliphatic rings. The van der Waals surface area contributed by atoms with Crippen molar-refractivity contribution < 1.29 is 0 Å². The number of rotatable bonds is 3. The van der Waals surface area contributed by atoms with Gasteiger partial charge in [-0.2, -0.15) is 0 Å². The third-order valence-electron chi connectivity index (χ3n) is 4.28. The largest absolute Gasteiger partial charge is 0.317 e. The van der Waals surface area contributed by atoms with Crippen molar-refractivity contribution in [3.63, 3.8) is 0 Å². The van der Waals surface area contributed by atoms with Crippen LogP contribution in [0.3, 0.4) is 0 Å². The quantitative estimate of drug-likeness (QED) is 0.765. The Hall–Kier alpha value is -0.560. The van der Waals surface area contributed by atoms with E-state index in [2.05, 4.69) is 21.6 Å². The maximum atomic E-state index is 5.96. The zero-order valence-corrected chi connectivity index (χ0v) is 11.7. The van der Waals surface area contributed by atoms with E-state index in [9.17, 15) is 0 Å². The highest BCUT2D eigenvalue weighted by molar-refractivity contribution is 5.05. The fourth-order valence-corrected chi connectivity index (χ4v) is 3.27. The molecule has 0 amide bonds. The molecule has 1 aliphatic carbocycles. The van der Waals surface area contributed by atoms with Crippen molar-refractivity contribution in [1.82, 2.24) is 9.80 Å². The van der Waals surface area contributed by atoms with E-state index in [4.69, 9.17) is 5.73 Å². The molecule has 102 valence electrons. The third-order valence-corrected chi connectivity index (χ3v) is 4.28. The van der Waals surface area contributed by atoms with Gasteiger partial charge in [0.15, 0.2) is 0 Å². The van der Waals surface area contributed by atoms with Gasteiger partial charge >= 0.3 is 0 Å². The Morgan fingerprint density at radius 1 is 1.11 bits per heavy atom. The van der Waals surface area contributed by atoms with Gasteiger partial charge in [0.2, 0.25) is 0 Å². The number of nitrogens with zero attached hydrogens (tertiary/aromatic N) is 2. The average molecular weight is 249 g/mol. The lowest BCUT2D eigenvalue weighted by atomic mass is 9.94. The van der Waals surface area contributed by atoms with Gasteiger partial charge < -0.3 is 5.73 Å². The van der Waals surface area contributed by atoms with Gasteiger partial charge in [-0.3, -0.25) is 9.80 Å². The summed E-state index contributed by atoms with van der Waals surface area (Å²) in [5, 5.41) is 0. The normalized spacial score (nSPS) is 25.4. The summed E-state index contributed by atoms with van der Waals surface area (Å²) in [6.07, 6.45) is 7.15. The zero-order valence-electron chi connectivity index (χ0n) is 11.7. The monoisotopic (exact) mass is 249 g/mol. The number of nitrogens with two attached hydrogens (primary N) is 1. The van der Waals surface area contributed by atoms with Crippen molar-refractivity contribution in [3.05, 3.63) is 0 Å². The molecular formula is C15H27N3. The van der Waals surface area contributed by atoms with Gasteiger partial charge in [0, 0.05) is 38.8 Å². The fourth-order valence-electron chi connectivity index (χ4n) is 3.27. The molecule has 0 radical (unpaired) electrons. The summed E-state index contributed by atoms with van der Waals surface area (Å²) in [6.45, 7) is 7.55. The highest BCUT2D eigenvalue weighted by Crippen LogP contribution is 2.23. The van der Waals surface area contributed by atoms with Gasteiger partial charge in [-0.05, 0) is 19.8 Å². The second-order valence-corrected chi connectivity index (χ2v) is 5.63. The van der Waals surface area contributed by atoms with E-state index in [1.807, 2.05) is 6.92 Å². The standard InChI is InChI=1S/C15H27N3/c1-2-6-14(16)13-17-9-11-18(12-10-17)15-7-4-3-5-8-15/h14-15H,3-5,7-13,16H2,1H3. The Balaban J connectivity index is 1.71. The van der Waals surface area contributed by atoms with Gasteiger partial charge in [0.25, 0.3) is 0 Å². The zero-order chi connectivity index (χ0) is 12.8. The van der Waals surface area contributed by atoms with Crippen molar-refractivity contribution in [3.8, 4) is 11.8 Å². The first-order chi connectivity index (χ1) is 8.79. The van der Waals surface area contributed by atoms with Crippen molar-refractivity contribution in [2.45, 2.75) is 51.1 Å². The first-order valence-electron chi connectivity index (χ1n) is 7.44. The van der Waals surface area contributed by atoms with Crippen molar-refractivity contribution in [1.29, 1.82) is 0 Å². The van der Waals surface area contributed by atoms with Crippen LogP contribution in [0.15, 0.2) is 0 Å². The molecule has 1 saturated heterocycles. The SMILES string of the molecule is CC#CC(N)CN1CCN(C2CCCCC2)CC1. The highest BCUT2D eigenvalue weighted by Gasteiger charge is 2.25. The van der Waals surface area contributed by atoms with Crippen LogP contribution in [0, 0.1) is 11.8 Å². The van der Waals surface area contributed by atoms with Crippen LogP contribution < -0.4 is 5.73 Å². The van der Waals surface area contributed by atoms with Crippen LogP contribution in [0.25, 0.3) is 0 Å². The van der Waals surface area contributed by atoms with Crippen LogP contribution in [-0.2, 0) is 0 Å². The van der Waals surface area contributed by atoms with E-state index in [0.29, 0.717) is 0 Å². The first-order valence-corrected chi connectivity index (χ1v) is 7.44. The Kier molecular flexibility index (Phi) is 5.49. The van der Waals surface area contributed by atoms with Crippen molar-refractivity contribution in [2.75, 3.05) is 32.7 Å². The van der Waals surface area contributed by atoms with Gasteiger partial charge in [-0.1, -0.05) is 25.2 Å². The average Bonchev–Trinajstić information content (AvgIpc) is 2.41. The number of hydrogen-bond donors (Lipinski definition) is 1. The summed E-state index contributed by atoms with van der Waals surface area (Å²) in [7, 11) is 0. The molecule has 1 atom stereocenters. The molecule has 2 fully saturated rings. The molecular weight excluding hydrogens is 222 g/mol. The molecule has 3 nitrogen and oxygen atoms in total. The molecule has 0 spiro atoms. The highest BCUT2D eigenvalue weighted by atomic mass is 15.3. The van der Waals surface area contributed by atoms with Crippen LogP contribution in [0.2, 0.25) is 0 Å². The lowest BCUT2D eigenvalue weighted by Crippen LogP contribution is -2.52. The number of hydrogen-bond acceptors (Lipinski definition) is 3. The van der Waals surface area contributed by atoms with Crippen LogP contribution >= 0.6 is 0 Å². The van der Waals surface area contributed by atoms with Crippen LogP contribution in [-0.4, -0.2) is 54.6 Å². The lowest BCUT2D eigenvalue weighted by Gasteiger charge is -2.41. The predicted molar refractivity (Wildman–Crippen MR) is 76.3 cm³/mol. The summed E-state index contributed by atoms with van der Waals surface area (Å²) >= 11 is 0. The molecule has 1 aliphatic heterocycles. The van der Waals surface area contributed by atoms with Crippen molar-refractivity contribution >= 4 is 0 Å². The van der Waals surface area contributed by atoms with Gasteiger partial charge in [-0.15, -0.1) is 5.92 Å². The second-order valence-electron chi connectivity index (χ2n) is 5.63. The molecule has 3 heteroatoms. The molecule has 2 N–H and O–H groups in total. The van der Waals surface area contributed by atoms with E-state index in [0.717, 1.165) is 25.7 Å². The molecule has 1 heterocycles. The molecule has 0 aromatic carbocycles. The van der Waals surface area contributed by atoms with E-state index in [1.165, 1.54) is 45.2 Å². The van der Waals surface area contributed by atoms with E-state index in [1.54, 1.807) is 0 Å². The fraction of sp³-hybridized carbons (Fsp3) is 0.867. The maximum Gasteiger partial charge on any atom is 0.0793 e. The van der Waals surface area contributed by atoms with Gasteiger partial charge in [0.05, 0.1) is 6.04 Å². The third kappa shape index (κ3) is 3.98. The molecule has 2 rings (SSSR count). The Morgan fingerprint density at radius 2 is 1.78 bits per heavy atom. The van der Waals surface area contributed by atoms with E-state index in [-0.39, 0.29) is 6.04 Å². The maximum absolute atomic E-state index is 5.96. The smallest absolute Gasteiger partial charge is 0.0793 e. The molecule has 18 heavy (non-hydrogen) atoms. The minimum absolute atomic E-state index is 0.0243. The predicted octanol–water partition coefficient (Wildman–Crippen LogP) is 1.29. The Morgan fingerprint density at radius 3 is 2.39 bits per heavy atom. The molecule has 1 unspecified atom stereocenters. The number of piperazine rings is 1. The molecule has 0 bridgehead atoms. The van der Waals surface area contributed by atoms with Gasteiger partial charge in [-0.25, -0.2) is 0 Å². The van der Waals surface area contributed by atoms with E-state index >= 15 is 0 Å². The Bertz CT molecular complexity index is 291. The summed E-state index contributed by atoms with van der Waals surface area (Å²) in [5.41, 5.74) is 5.96. The first kappa shape index (κ1) is 13.9. The molecule has 0 aromatic rings.